The normalized spacial score (nSPS) is 18.6. The van der Waals surface area contributed by atoms with Gasteiger partial charge >= 0.3 is 0 Å². The summed E-state index contributed by atoms with van der Waals surface area (Å²) >= 11 is 0. The molecule has 25 heavy (non-hydrogen) atoms. The molecule has 6 nitrogen and oxygen atoms in total. The van der Waals surface area contributed by atoms with E-state index in [9.17, 15) is 9.59 Å². The summed E-state index contributed by atoms with van der Waals surface area (Å²) in [4.78, 5) is 28.3. The first kappa shape index (κ1) is 19.4. The highest BCUT2D eigenvalue weighted by molar-refractivity contribution is 6.75. The van der Waals surface area contributed by atoms with Crippen molar-refractivity contribution in [2.45, 2.75) is 38.2 Å². The molecule has 2 rings (SSSR count). The van der Waals surface area contributed by atoms with Crippen molar-refractivity contribution >= 4 is 38.0 Å². The van der Waals surface area contributed by atoms with Crippen LogP contribution in [0.3, 0.4) is 0 Å². The fourth-order valence-corrected chi connectivity index (χ4v) is 2.74. The summed E-state index contributed by atoms with van der Waals surface area (Å²) < 4.78 is 0. The minimum atomic E-state index is -0.729. The Morgan fingerprint density at radius 2 is 2.16 bits per heavy atom. The molecule has 1 fully saturated rings. The Kier molecular flexibility index (Phi) is 7.40. The van der Waals surface area contributed by atoms with E-state index in [-0.39, 0.29) is 11.9 Å². The molecule has 0 aromatic heterocycles. The molecule has 2 unspecified atom stereocenters. The highest BCUT2D eigenvalue weighted by atomic mass is 16.2. The lowest BCUT2D eigenvalue weighted by Gasteiger charge is -2.19. The van der Waals surface area contributed by atoms with Gasteiger partial charge in [0.05, 0.1) is 23.5 Å². The smallest absolute Gasteiger partial charge is 0.237 e. The Balaban J connectivity index is 2.00. The zero-order chi connectivity index (χ0) is 18.2. The van der Waals surface area contributed by atoms with E-state index in [2.05, 4.69) is 15.6 Å². The van der Waals surface area contributed by atoms with Crippen molar-refractivity contribution in [3.63, 3.8) is 0 Å². The van der Waals surface area contributed by atoms with Gasteiger partial charge in [0.15, 0.2) is 15.1 Å². The summed E-state index contributed by atoms with van der Waals surface area (Å²) in [7, 11) is 7.31. The van der Waals surface area contributed by atoms with E-state index >= 15 is 0 Å². The Hall–Kier alpha value is -1.92. The van der Waals surface area contributed by atoms with Crippen LogP contribution in [0.5, 0.6) is 0 Å². The molecule has 4 N–H and O–H groups in total. The first-order valence-corrected chi connectivity index (χ1v) is 8.52. The third-order valence-corrected chi connectivity index (χ3v) is 4.23. The number of carbonyl (C=O) groups is 2. The molecule has 3 radical (unpaired) electrons. The first-order chi connectivity index (χ1) is 12.0. The number of rotatable bonds is 8. The van der Waals surface area contributed by atoms with Gasteiger partial charge in [-0.25, -0.2) is 0 Å². The number of benzene rings is 1. The molecule has 2 atom stereocenters. The molecule has 129 valence electrons. The number of aliphatic imine (C=N–C) groups is 1. The zero-order valence-electron chi connectivity index (χ0n) is 14.5. The molecule has 1 saturated heterocycles. The van der Waals surface area contributed by atoms with E-state index in [4.69, 9.17) is 13.6 Å². The van der Waals surface area contributed by atoms with Crippen LogP contribution < -0.4 is 16.4 Å². The standard InChI is InChI=1S/C17H23B2N4O2/c1-19-15(10-20)22-12-6-4-11(5-7-12)9-14(16(18)24)23-17(25)13-3-2-8-21-13/h4-7,13-14,21H,2-3,8-10,20H2,1H3,(H,23,25). The van der Waals surface area contributed by atoms with Gasteiger partial charge < -0.3 is 21.2 Å². The summed E-state index contributed by atoms with van der Waals surface area (Å²) in [6, 6.07) is 6.49. The topological polar surface area (TPSA) is 96.6 Å². The molecule has 0 spiro atoms. The van der Waals surface area contributed by atoms with Crippen LogP contribution in [0.15, 0.2) is 29.3 Å². The molecule has 1 aliphatic rings. The van der Waals surface area contributed by atoms with E-state index in [1.54, 1.807) is 0 Å². The average Bonchev–Trinajstić information content (AvgIpc) is 3.15. The molecule has 8 heteroatoms. The second kappa shape index (κ2) is 9.53. The van der Waals surface area contributed by atoms with Crippen LogP contribution in [-0.4, -0.2) is 57.5 Å². The molecule has 0 aliphatic carbocycles. The van der Waals surface area contributed by atoms with Crippen molar-refractivity contribution in [3.8, 4) is 0 Å². The molecule has 0 bridgehead atoms. The zero-order valence-corrected chi connectivity index (χ0v) is 14.5. The van der Waals surface area contributed by atoms with E-state index < -0.39 is 11.7 Å². The molecule has 1 aromatic rings. The largest absolute Gasteiger partial charge is 0.346 e. The number of nitrogens with two attached hydrogens (primary N) is 1. The molecule has 1 aliphatic heterocycles. The monoisotopic (exact) mass is 337 g/mol. The Labute approximate surface area is 150 Å². The molecular weight excluding hydrogens is 314 g/mol. The van der Waals surface area contributed by atoms with Crippen molar-refractivity contribution in [1.29, 1.82) is 0 Å². The molecule has 1 heterocycles. The molecule has 1 aromatic carbocycles. The lowest BCUT2D eigenvalue weighted by atomic mass is 9.75. The molecule has 1 amide bonds. The van der Waals surface area contributed by atoms with Crippen molar-refractivity contribution in [3.05, 3.63) is 29.8 Å². The third-order valence-electron chi connectivity index (χ3n) is 4.23. The number of amides is 1. The van der Waals surface area contributed by atoms with Crippen LogP contribution in [0.1, 0.15) is 18.4 Å². The minimum Gasteiger partial charge on any atom is -0.346 e. The van der Waals surface area contributed by atoms with Crippen molar-refractivity contribution in [2.75, 3.05) is 13.1 Å². The number of nitrogens with zero attached hydrogens (tertiary/aromatic N) is 1. The maximum absolute atomic E-state index is 12.2. The summed E-state index contributed by atoms with van der Waals surface area (Å²) in [5.41, 5.74) is 7.55. The third kappa shape index (κ3) is 5.83. The van der Waals surface area contributed by atoms with Gasteiger partial charge in [0.1, 0.15) is 0 Å². The fraction of sp³-hybridized carbons (Fsp3) is 0.471. The first-order valence-electron chi connectivity index (χ1n) is 8.52. The highest BCUT2D eigenvalue weighted by Gasteiger charge is 2.25. The van der Waals surface area contributed by atoms with Crippen LogP contribution in [0.25, 0.3) is 0 Å². The molecular formula is C17H23B2N4O2. The van der Waals surface area contributed by atoms with E-state index in [0.717, 1.165) is 36.2 Å². The van der Waals surface area contributed by atoms with Crippen LogP contribution in [-0.2, 0) is 16.0 Å². The van der Waals surface area contributed by atoms with Crippen LogP contribution in [0, 0.1) is 0 Å². The quantitative estimate of drug-likeness (QED) is 0.456. The van der Waals surface area contributed by atoms with Gasteiger partial charge in [-0.15, -0.1) is 0 Å². The van der Waals surface area contributed by atoms with Gasteiger partial charge in [-0.2, -0.15) is 0 Å². The number of hydrogen-bond donors (Lipinski definition) is 3. The van der Waals surface area contributed by atoms with Gasteiger partial charge in [-0.1, -0.05) is 19.0 Å². The highest BCUT2D eigenvalue weighted by Crippen LogP contribution is 2.15. The Morgan fingerprint density at radius 3 is 2.68 bits per heavy atom. The van der Waals surface area contributed by atoms with Gasteiger partial charge in [0, 0.05) is 6.54 Å². The second-order valence-corrected chi connectivity index (χ2v) is 6.08. The van der Waals surface area contributed by atoms with E-state index in [1.807, 2.05) is 38.4 Å². The summed E-state index contributed by atoms with van der Waals surface area (Å²) in [6.45, 7) is 3.09. The summed E-state index contributed by atoms with van der Waals surface area (Å²) in [5, 5.41) is 5.86. The van der Waals surface area contributed by atoms with Crippen molar-refractivity contribution in [2.24, 2.45) is 10.7 Å². The second-order valence-electron chi connectivity index (χ2n) is 6.08. The van der Waals surface area contributed by atoms with Crippen LogP contribution in [0.4, 0.5) is 5.69 Å². The van der Waals surface area contributed by atoms with Crippen LogP contribution in [0.2, 0.25) is 6.82 Å². The summed E-state index contributed by atoms with van der Waals surface area (Å²) in [5.74, 6) is -0.173. The maximum atomic E-state index is 12.2. The minimum absolute atomic E-state index is 0.173. The fourth-order valence-electron chi connectivity index (χ4n) is 2.74. The van der Waals surface area contributed by atoms with E-state index in [0.29, 0.717) is 13.0 Å². The predicted molar refractivity (Wildman–Crippen MR) is 102 cm³/mol. The van der Waals surface area contributed by atoms with Crippen molar-refractivity contribution < 1.29 is 9.59 Å². The van der Waals surface area contributed by atoms with Gasteiger partial charge in [0.2, 0.25) is 5.91 Å². The van der Waals surface area contributed by atoms with Crippen molar-refractivity contribution in [1.82, 2.24) is 10.6 Å². The SMILES string of the molecule is [B]C(=O)C(Cc1ccc(N=C([B]C)CN)cc1)NC(=O)C1CCCN1. The maximum Gasteiger partial charge on any atom is 0.237 e. The van der Waals surface area contributed by atoms with Gasteiger partial charge in [-0.3, -0.25) is 9.79 Å². The predicted octanol–water partition coefficient (Wildman–Crippen LogP) is -0.0980. The lowest BCUT2D eigenvalue weighted by molar-refractivity contribution is -0.126. The van der Waals surface area contributed by atoms with Crippen LogP contribution >= 0.6 is 0 Å². The number of hydrogen-bond acceptors (Lipinski definition) is 5. The number of nitrogens with one attached hydrogen (secondary N) is 2. The number of carbonyl (C=O) groups excluding carboxylic acids is 2. The lowest BCUT2D eigenvalue weighted by Crippen LogP contribution is -2.49. The average molecular weight is 337 g/mol. The molecule has 0 saturated carbocycles. The summed E-state index contributed by atoms with van der Waals surface area (Å²) in [6.07, 6.45) is 2.09. The Morgan fingerprint density at radius 1 is 1.44 bits per heavy atom. The Bertz CT molecular complexity index is 622. The van der Waals surface area contributed by atoms with Gasteiger partial charge in [0.25, 0.3) is 0 Å². The van der Waals surface area contributed by atoms with E-state index in [1.165, 1.54) is 0 Å². The van der Waals surface area contributed by atoms with Gasteiger partial charge in [-0.05, 0) is 49.1 Å².